The van der Waals surface area contributed by atoms with Gasteiger partial charge in [-0.15, -0.1) is 0 Å². The maximum absolute atomic E-state index is 13.2. The predicted molar refractivity (Wildman–Crippen MR) is 108 cm³/mol. The van der Waals surface area contributed by atoms with Gasteiger partial charge in [-0.2, -0.15) is 4.31 Å². The van der Waals surface area contributed by atoms with E-state index >= 15 is 0 Å². The zero-order valence-electron chi connectivity index (χ0n) is 17.7. The Morgan fingerprint density at radius 3 is 2.26 bits per heavy atom. The van der Waals surface area contributed by atoms with Crippen molar-refractivity contribution in [2.75, 3.05) is 13.7 Å². The van der Waals surface area contributed by atoms with E-state index in [1.54, 1.807) is 13.8 Å². The summed E-state index contributed by atoms with van der Waals surface area (Å²) < 4.78 is 32.6. The van der Waals surface area contributed by atoms with E-state index in [2.05, 4.69) is 4.74 Å². The van der Waals surface area contributed by atoms with Crippen LogP contribution in [0, 0.1) is 13.8 Å². The molecule has 0 aromatic heterocycles. The maximum atomic E-state index is 13.2. The molecule has 1 unspecified atom stereocenters. The third kappa shape index (κ3) is 6.81. The third-order valence-electron chi connectivity index (χ3n) is 4.31. The van der Waals surface area contributed by atoms with Gasteiger partial charge in [-0.05, 0) is 56.4 Å². The van der Waals surface area contributed by atoms with Crippen LogP contribution < -0.4 is 0 Å². The molecule has 0 saturated heterocycles. The van der Waals surface area contributed by atoms with E-state index in [0.717, 1.165) is 0 Å². The highest BCUT2D eigenvalue weighted by molar-refractivity contribution is 7.89. The lowest BCUT2D eigenvalue weighted by atomic mass is 10.1. The van der Waals surface area contributed by atoms with Crippen molar-refractivity contribution in [2.45, 2.75) is 78.2 Å². The smallest absolute Gasteiger partial charge is 0.305 e. The fourth-order valence-corrected chi connectivity index (χ4v) is 4.95. The quantitative estimate of drug-likeness (QED) is 0.628. The van der Waals surface area contributed by atoms with Gasteiger partial charge in [0.05, 0.1) is 12.0 Å². The minimum absolute atomic E-state index is 0.0798. The normalized spacial score (nSPS) is 12.3. The molecule has 1 rings (SSSR count). The first-order valence-corrected chi connectivity index (χ1v) is 11.0. The summed E-state index contributed by atoms with van der Waals surface area (Å²) in [6.45, 7) is 11.6. The summed E-state index contributed by atoms with van der Waals surface area (Å²) in [6, 6.07) is 2.70. The van der Waals surface area contributed by atoms with Crippen LogP contribution in [-0.2, 0) is 19.6 Å². The second-order valence-corrected chi connectivity index (χ2v) is 8.06. The minimum atomic E-state index is -3.73. The van der Waals surface area contributed by atoms with E-state index < -0.39 is 10.0 Å². The number of phenolic OH excluding ortho intramolecular Hbond substituents is 1. The number of nitrogens with zero attached hydrogens (tertiary/aromatic N) is 1. The first kappa shape index (κ1) is 25.4. The van der Waals surface area contributed by atoms with Crippen molar-refractivity contribution in [1.82, 2.24) is 4.31 Å². The number of benzene rings is 1. The molecule has 156 valence electrons. The zero-order chi connectivity index (χ0) is 21.2. The highest BCUT2D eigenvalue weighted by Crippen LogP contribution is 2.29. The van der Waals surface area contributed by atoms with E-state index in [-0.39, 0.29) is 29.1 Å². The fourth-order valence-electron chi connectivity index (χ4n) is 2.84. The summed E-state index contributed by atoms with van der Waals surface area (Å²) in [5, 5.41) is 9.80. The van der Waals surface area contributed by atoms with Crippen LogP contribution in [0.3, 0.4) is 0 Å². The van der Waals surface area contributed by atoms with Gasteiger partial charge in [0, 0.05) is 19.0 Å². The molecule has 1 N–H and O–H groups in total. The molecular formula is C20H35NO5S. The molecule has 6 nitrogen and oxygen atoms in total. The standard InChI is InChI=1S/C18H29NO5S.C2H6/c1-6-10-19(15(7-2)8-9-18(21)24-5)25(22,23)17-12-13(3)16(20)11-14(17)4;1-2/h11-12,15,20H,6-10H2,1-5H3;1-2H3. The van der Waals surface area contributed by atoms with Crippen LogP contribution in [0.15, 0.2) is 17.0 Å². The van der Waals surface area contributed by atoms with Crippen LogP contribution in [0.25, 0.3) is 0 Å². The molecule has 1 atom stereocenters. The van der Waals surface area contributed by atoms with E-state index in [1.807, 2.05) is 27.7 Å². The Hall–Kier alpha value is -1.60. The highest BCUT2D eigenvalue weighted by atomic mass is 32.2. The number of carbonyl (C=O) groups excluding carboxylic acids is 1. The topological polar surface area (TPSA) is 83.9 Å². The van der Waals surface area contributed by atoms with Crippen LogP contribution in [0.2, 0.25) is 0 Å². The number of hydrogen-bond donors (Lipinski definition) is 1. The van der Waals surface area contributed by atoms with Crippen molar-refractivity contribution in [3.8, 4) is 5.75 Å². The van der Waals surface area contributed by atoms with Crippen LogP contribution in [0.1, 0.15) is 64.5 Å². The maximum Gasteiger partial charge on any atom is 0.305 e. The number of phenols is 1. The number of ether oxygens (including phenoxy) is 1. The van der Waals surface area contributed by atoms with E-state index in [0.29, 0.717) is 36.9 Å². The van der Waals surface area contributed by atoms with Crippen LogP contribution in [0.4, 0.5) is 0 Å². The number of aromatic hydroxyl groups is 1. The molecule has 0 aliphatic heterocycles. The van der Waals surface area contributed by atoms with Gasteiger partial charge in [0.15, 0.2) is 0 Å². The average molecular weight is 402 g/mol. The summed E-state index contributed by atoms with van der Waals surface area (Å²) in [4.78, 5) is 11.7. The molecule has 0 spiro atoms. The number of rotatable bonds is 9. The summed E-state index contributed by atoms with van der Waals surface area (Å²) >= 11 is 0. The van der Waals surface area contributed by atoms with E-state index in [4.69, 9.17) is 0 Å². The predicted octanol–water partition coefficient (Wildman–Crippen LogP) is 4.17. The van der Waals surface area contributed by atoms with E-state index in [1.165, 1.54) is 23.5 Å². The first-order valence-electron chi connectivity index (χ1n) is 9.57. The Kier molecular flexibility index (Phi) is 11.3. The third-order valence-corrected chi connectivity index (χ3v) is 6.41. The van der Waals surface area contributed by atoms with Crippen LogP contribution in [0.5, 0.6) is 5.75 Å². The Morgan fingerprint density at radius 2 is 1.78 bits per heavy atom. The Balaban J connectivity index is 0.00000326. The highest BCUT2D eigenvalue weighted by Gasteiger charge is 2.31. The lowest BCUT2D eigenvalue weighted by Gasteiger charge is -2.30. The molecule has 27 heavy (non-hydrogen) atoms. The summed E-state index contributed by atoms with van der Waals surface area (Å²) in [6.07, 6.45) is 1.87. The number of methoxy groups -OCH3 is 1. The summed E-state index contributed by atoms with van der Waals surface area (Å²) in [5.41, 5.74) is 1.02. The van der Waals surface area contributed by atoms with Crippen molar-refractivity contribution in [3.63, 3.8) is 0 Å². The van der Waals surface area contributed by atoms with E-state index in [9.17, 15) is 18.3 Å². The van der Waals surface area contributed by atoms with Crippen molar-refractivity contribution < 1.29 is 23.1 Å². The van der Waals surface area contributed by atoms with Crippen LogP contribution in [-0.4, -0.2) is 43.5 Å². The molecular weight excluding hydrogens is 366 g/mol. The van der Waals surface area contributed by atoms with Crippen molar-refractivity contribution in [3.05, 3.63) is 23.3 Å². The number of aryl methyl sites for hydroxylation is 2. The summed E-state index contributed by atoms with van der Waals surface area (Å²) in [5.74, 6) is -0.264. The van der Waals surface area contributed by atoms with Gasteiger partial charge in [0.25, 0.3) is 0 Å². The van der Waals surface area contributed by atoms with Gasteiger partial charge in [-0.25, -0.2) is 8.42 Å². The zero-order valence-corrected chi connectivity index (χ0v) is 18.5. The molecule has 0 saturated carbocycles. The monoisotopic (exact) mass is 401 g/mol. The molecule has 0 amide bonds. The Bertz CT molecular complexity index is 701. The fraction of sp³-hybridized carbons (Fsp3) is 0.650. The van der Waals surface area contributed by atoms with Gasteiger partial charge in [0.2, 0.25) is 10.0 Å². The molecule has 0 aliphatic carbocycles. The molecule has 0 aliphatic rings. The average Bonchev–Trinajstić information content (AvgIpc) is 2.65. The molecule has 1 aromatic carbocycles. The second-order valence-electron chi connectivity index (χ2n) is 6.20. The Labute approximate surface area is 164 Å². The lowest BCUT2D eigenvalue weighted by Crippen LogP contribution is -2.41. The SMILES string of the molecule is CC.CCCN(C(CC)CCC(=O)OC)S(=O)(=O)c1cc(C)c(O)cc1C. The van der Waals surface area contributed by atoms with Crippen LogP contribution >= 0.6 is 0 Å². The molecule has 7 heteroatoms. The molecule has 1 aromatic rings. The summed E-state index contributed by atoms with van der Waals surface area (Å²) in [7, 11) is -2.40. The lowest BCUT2D eigenvalue weighted by molar-refractivity contribution is -0.140. The number of carbonyl (C=O) groups is 1. The second kappa shape index (κ2) is 12.0. The molecule has 0 fully saturated rings. The van der Waals surface area contributed by atoms with Gasteiger partial charge in [-0.1, -0.05) is 27.7 Å². The largest absolute Gasteiger partial charge is 0.508 e. The molecule has 0 heterocycles. The van der Waals surface area contributed by atoms with Crippen molar-refractivity contribution in [1.29, 1.82) is 0 Å². The van der Waals surface area contributed by atoms with Crippen molar-refractivity contribution in [2.24, 2.45) is 0 Å². The first-order chi connectivity index (χ1) is 12.7. The van der Waals surface area contributed by atoms with Gasteiger partial charge in [-0.3, -0.25) is 4.79 Å². The number of hydrogen-bond acceptors (Lipinski definition) is 5. The molecule has 0 bridgehead atoms. The van der Waals surface area contributed by atoms with Gasteiger partial charge in [0.1, 0.15) is 5.75 Å². The van der Waals surface area contributed by atoms with Gasteiger partial charge < -0.3 is 9.84 Å². The van der Waals surface area contributed by atoms with Gasteiger partial charge >= 0.3 is 5.97 Å². The number of sulfonamides is 1. The Morgan fingerprint density at radius 1 is 1.19 bits per heavy atom. The molecule has 0 radical (unpaired) electrons. The van der Waals surface area contributed by atoms with Crippen molar-refractivity contribution >= 4 is 16.0 Å². The minimum Gasteiger partial charge on any atom is -0.508 e. The number of esters is 1.